The summed E-state index contributed by atoms with van der Waals surface area (Å²) in [6.45, 7) is 0. The van der Waals surface area contributed by atoms with E-state index in [0.29, 0.717) is 12.1 Å². The Labute approximate surface area is 100 Å². The van der Waals surface area contributed by atoms with E-state index in [1.165, 1.54) is 64.2 Å². The van der Waals surface area contributed by atoms with Crippen LogP contribution in [0.4, 0.5) is 0 Å². The average Bonchev–Trinajstić information content (AvgIpc) is 2.58. The highest BCUT2D eigenvalue weighted by Gasteiger charge is 2.26. The molecule has 0 amide bonds. The molecule has 0 aromatic carbocycles. The third kappa shape index (κ3) is 3.46. The standard InChI is InChI=1S/C14H27NO/c1-16-14-11-7-6-10-13(14)15-12-8-4-2-3-5-9-12/h12-15H,2-11H2,1H3. The molecule has 0 bridgehead atoms. The predicted molar refractivity (Wildman–Crippen MR) is 67.7 cm³/mol. The molecule has 2 fully saturated rings. The van der Waals surface area contributed by atoms with Gasteiger partial charge in [-0.3, -0.25) is 0 Å². The molecule has 2 rings (SSSR count). The molecule has 2 saturated carbocycles. The molecule has 0 aromatic heterocycles. The van der Waals surface area contributed by atoms with Gasteiger partial charge in [-0.25, -0.2) is 0 Å². The fraction of sp³-hybridized carbons (Fsp3) is 1.00. The Hall–Kier alpha value is -0.0800. The minimum Gasteiger partial charge on any atom is -0.380 e. The number of hydrogen-bond donors (Lipinski definition) is 1. The lowest BCUT2D eigenvalue weighted by Gasteiger charge is -2.34. The summed E-state index contributed by atoms with van der Waals surface area (Å²) in [5, 5.41) is 3.87. The molecule has 2 aliphatic rings. The quantitative estimate of drug-likeness (QED) is 0.744. The van der Waals surface area contributed by atoms with Crippen LogP contribution in [0.3, 0.4) is 0 Å². The maximum Gasteiger partial charge on any atom is 0.0724 e. The van der Waals surface area contributed by atoms with Crippen LogP contribution in [0.25, 0.3) is 0 Å². The molecular formula is C14H27NO. The van der Waals surface area contributed by atoms with Crippen molar-refractivity contribution in [3.63, 3.8) is 0 Å². The Balaban J connectivity index is 1.81. The van der Waals surface area contributed by atoms with Gasteiger partial charge >= 0.3 is 0 Å². The topological polar surface area (TPSA) is 21.3 Å². The van der Waals surface area contributed by atoms with Crippen LogP contribution in [-0.4, -0.2) is 25.3 Å². The summed E-state index contributed by atoms with van der Waals surface area (Å²) in [6, 6.07) is 1.39. The van der Waals surface area contributed by atoms with E-state index in [1.54, 1.807) is 0 Å². The van der Waals surface area contributed by atoms with Crippen molar-refractivity contribution in [3.05, 3.63) is 0 Å². The smallest absolute Gasteiger partial charge is 0.0724 e. The van der Waals surface area contributed by atoms with Gasteiger partial charge in [-0.2, -0.15) is 0 Å². The molecule has 0 spiro atoms. The first-order valence-corrected chi connectivity index (χ1v) is 7.19. The number of rotatable bonds is 3. The van der Waals surface area contributed by atoms with Gasteiger partial charge in [0.25, 0.3) is 0 Å². The van der Waals surface area contributed by atoms with Crippen molar-refractivity contribution < 1.29 is 4.74 Å². The first kappa shape index (κ1) is 12.4. The summed E-state index contributed by atoms with van der Waals surface area (Å²) in [4.78, 5) is 0. The van der Waals surface area contributed by atoms with Crippen LogP contribution in [0.1, 0.15) is 64.2 Å². The predicted octanol–water partition coefficient (Wildman–Crippen LogP) is 3.26. The zero-order valence-electron chi connectivity index (χ0n) is 10.7. The molecule has 94 valence electrons. The van der Waals surface area contributed by atoms with E-state index < -0.39 is 0 Å². The number of hydrogen-bond acceptors (Lipinski definition) is 2. The van der Waals surface area contributed by atoms with Crippen molar-refractivity contribution in [3.8, 4) is 0 Å². The maximum absolute atomic E-state index is 5.61. The first-order chi connectivity index (χ1) is 7.90. The molecule has 0 radical (unpaired) electrons. The molecule has 0 saturated heterocycles. The Morgan fingerprint density at radius 2 is 1.44 bits per heavy atom. The molecule has 0 aliphatic heterocycles. The van der Waals surface area contributed by atoms with Crippen molar-refractivity contribution in [2.75, 3.05) is 7.11 Å². The Morgan fingerprint density at radius 3 is 2.12 bits per heavy atom. The average molecular weight is 225 g/mol. The van der Waals surface area contributed by atoms with E-state index in [0.717, 1.165) is 6.04 Å². The summed E-state index contributed by atoms with van der Waals surface area (Å²) >= 11 is 0. The van der Waals surface area contributed by atoms with Crippen LogP contribution < -0.4 is 5.32 Å². The van der Waals surface area contributed by atoms with E-state index in [2.05, 4.69) is 5.32 Å². The molecule has 0 aromatic rings. The summed E-state index contributed by atoms with van der Waals surface area (Å²) in [5.41, 5.74) is 0. The lowest BCUT2D eigenvalue weighted by Crippen LogP contribution is -2.47. The van der Waals surface area contributed by atoms with Gasteiger partial charge in [0.2, 0.25) is 0 Å². The van der Waals surface area contributed by atoms with Gasteiger partial charge in [-0.15, -0.1) is 0 Å². The second-order valence-corrected chi connectivity index (χ2v) is 5.52. The summed E-state index contributed by atoms with van der Waals surface area (Å²) in [6.07, 6.45) is 14.2. The number of methoxy groups -OCH3 is 1. The van der Waals surface area contributed by atoms with Gasteiger partial charge in [0.15, 0.2) is 0 Å². The molecule has 2 nitrogen and oxygen atoms in total. The highest BCUT2D eigenvalue weighted by Crippen LogP contribution is 2.24. The van der Waals surface area contributed by atoms with Crippen molar-refractivity contribution in [1.29, 1.82) is 0 Å². The van der Waals surface area contributed by atoms with Crippen molar-refractivity contribution in [1.82, 2.24) is 5.32 Å². The second-order valence-electron chi connectivity index (χ2n) is 5.52. The van der Waals surface area contributed by atoms with E-state index in [4.69, 9.17) is 4.74 Å². The maximum atomic E-state index is 5.61. The van der Waals surface area contributed by atoms with Gasteiger partial charge in [0.05, 0.1) is 6.10 Å². The SMILES string of the molecule is COC1CCCCC1NC1CCCCCC1. The lowest BCUT2D eigenvalue weighted by molar-refractivity contribution is 0.0369. The van der Waals surface area contributed by atoms with Crippen molar-refractivity contribution in [2.45, 2.75) is 82.4 Å². The fourth-order valence-corrected chi connectivity index (χ4v) is 3.32. The molecule has 16 heavy (non-hydrogen) atoms. The van der Waals surface area contributed by atoms with Crippen LogP contribution in [-0.2, 0) is 4.74 Å². The largest absolute Gasteiger partial charge is 0.380 e. The van der Waals surface area contributed by atoms with Crippen molar-refractivity contribution in [2.24, 2.45) is 0 Å². The van der Waals surface area contributed by atoms with E-state index in [1.807, 2.05) is 7.11 Å². The van der Waals surface area contributed by atoms with Crippen LogP contribution in [0, 0.1) is 0 Å². The molecule has 0 heterocycles. The lowest BCUT2D eigenvalue weighted by atomic mass is 9.91. The normalized spacial score (nSPS) is 33.6. The van der Waals surface area contributed by atoms with Crippen LogP contribution in [0.2, 0.25) is 0 Å². The highest BCUT2D eigenvalue weighted by molar-refractivity contribution is 4.85. The van der Waals surface area contributed by atoms with E-state index >= 15 is 0 Å². The molecule has 2 atom stereocenters. The minimum atomic E-state index is 0.469. The third-order valence-electron chi connectivity index (χ3n) is 4.31. The molecule has 2 unspecified atom stereocenters. The molecule has 1 N–H and O–H groups in total. The molecule has 2 heteroatoms. The van der Waals surface area contributed by atoms with E-state index in [-0.39, 0.29) is 0 Å². The minimum absolute atomic E-state index is 0.469. The van der Waals surface area contributed by atoms with Gasteiger partial charge in [0, 0.05) is 19.2 Å². The van der Waals surface area contributed by atoms with Gasteiger partial charge in [-0.1, -0.05) is 38.5 Å². The zero-order chi connectivity index (χ0) is 11.2. The Kier molecular flexibility index (Phi) is 5.11. The molecule has 2 aliphatic carbocycles. The van der Waals surface area contributed by atoms with Crippen molar-refractivity contribution >= 4 is 0 Å². The highest BCUT2D eigenvalue weighted by atomic mass is 16.5. The summed E-state index contributed by atoms with van der Waals surface area (Å²) in [5.74, 6) is 0. The summed E-state index contributed by atoms with van der Waals surface area (Å²) < 4.78 is 5.61. The van der Waals surface area contributed by atoms with Gasteiger partial charge in [0.1, 0.15) is 0 Å². The number of ether oxygens (including phenoxy) is 1. The number of nitrogens with one attached hydrogen (secondary N) is 1. The third-order valence-corrected chi connectivity index (χ3v) is 4.31. The van der Waals surface area contributed by atoms with Crippen LogP contribution >= 0.6 is 0 Å². The summed E-state index contributed by atoms with van der Waals surface area (Å²) in [7, 11) is 1.87. The van der Waals surface area contributed by atoms with Crippen LogP contribution in [0.15, 0.2) is 0 Å². The molecular weight excluding hydrogens is 198 g/mol. The van der Waals surface area contributed by atoms with Gasteiger partial charge in [-0.05, 0) is 25.7 Å². The monoisotopic (exact) mass is 225 g/mol. The van der Waals surface area contributed by atoms with Gasteiger partial charge < -0.3 is 10.1 Å². The first-order valence-electron chi connectivity index (χ1n) is 7.19. The van der Waals surface area contributed by atoms with E-state index in [9.17, 15) is 0 Å². The second kappa shape index (κ2) is 6.61. The fourth-order valence-electron chi connectivity index (χ4n) is 3.32. The van der Waals surface area contributed by atoms with Crippen LogP contribution in [0.5, 0.6) is 0 Å². The Morgan fingerprint density at radius 1 is 0.812 bits per heavy atom. The Bertz CT molecular complexity index is 187. The zero-order valence-corrected chi connectivity index (χ0v) is 10.7.